The fourth-order valence-corrected chi connectivity index (χ4v) is 7.18. The van der Waals surface area contributed by atoms with Gasteiger partial charge in [0.1, 0.15) is 49.1 Å². The number of anilines is 2. The van der Waals surface area contributed by atoms with Crippen LogP contribution in [0.1, 0.15) is 25.3 Å². The van der Waals surface area contributed by atoms with Crippen LogP contribution >= 0.6 is 38.1 Å². The number of halogens is 2. The monoisotopic (exact) mass is 711 g/mol. The summed E-state index contributed by atoms with van der Waals surface area (Å²) in [5.74, 6) is -1.00. The first-order valence-corrected chi connectivity index (χ1v) is 18.4. The van der Waals surface area contributed by atoms with E-state index in [9.17, 15) is 27.6 Å². The SMILES string of the molecule is Nc1nc2c(ncn2[C@H]2C[C@H](F)[C@@H](COP(=O)(S)OC3C[C@H](n4cc(F)c5c(N)ncnc54)O[C@@H]3COP(=O)(O)S)O2)c(=O)[nH]1. The molecule has 0 radical (unpaired) electrons. The summed E-state index contributed by atoms with van der Waals surface area (Å²) >= 11 is 7.49. The van der Waals surface area contributed by atoms with E-state index in [-0.39, 0.29) is 46.8 Å². The molecule has 18 nitrogen and oxygen atoms in total. The van der Waals surface area contributed by atoms with E-state index in [0.29, 0.717) is 0 Å². The van der Waals surface area contributed by atoms with Crippen LogP contribution in [-0.4, -0.2) is 76.6 Å². The zero-order valence-electron chi connectivity index (χ0n) is 22.6. The first kappa shape index (κ1) is 32.3. The van der Waals surface area contributed by atoms with Gasteiger partial charge >= 0.3 is 13.6 Å². The van der Waals surface area contributed by atoms with Crippen LogP contribution in [-0.2, 0) is 32.2 Å². The molecule has 24 heteroatoms. The van der Waals surface area contributed by atoms with Crippen molar-refractivity contribution in [2.24, 2.45) is 0 Å². The summed E-state index contributed by atoms with van der Waals surface area (Å²) in [6.45, 7) is -9.67. The van der Waals surface area contributed by atoms with Crippen molar-refractivity contribution >= 4 is 72.1 Å². The molecule has 244 valence electrons. The Morgan fingerprint density at radius 1 is 1.07 bits per heavy atom. The number of hydrogen-bond acceptors (Lipinski definition) is 14. The highest BCUT2D eigenvalue weighted by Crippen LogP contribution is 2.57. The van der Waals surface area contributed by atoms with Gasteiger partial charge in [-0.15, -0.1) is 0 Å². The van der Waals surface area contributed by atoms with Crippen LogP contribution in [0.3, 0.4) is 0 Å². The molecule has 2 fully saturated rings. The first-order valence-electron chi connectivity index (χ1n) is 13.0. The van der Waals surface area contributed by atoms with Gasteiger partial charge in [-0.2, -0.15) is 4.98 Å². The van der Waals surface area contributed by atoms with Crippen LogP contribution in [0.5, 0.6) is 0 Å². The molecule has 45 heavy (non-hydrogen) atoms. The largest absolute Gasteiger partial charge is 0.386 e. The van der Waals surface area contributed by atoms with Crippen LogP contribution in [0.25, 0.3) is 22.2 Å². The van der Waals surface area contributed by atoms with Crippen molar-refractivity contribution in [3.05, 3.63) is 35.0 Å². The topological polar surface area (TPSA) is 247 Å². The fraction of sp³-hybridized carbons (Fsp3) is 0.476. The van der Waals surface area contributed by atoms with E-state index in [2.05, 4.69) is 49.4 Å². The smallest absolute Gasteiger partial charge is 0.383 e. The number of thiol groups is 2. The average molecular weight is 712 g/mol. The highest BCUT2D eigenvalue weighted by Gasteiger charge is 2.44. The second-order valence-electron chi connectivity index (χ2n) is 10.1. The standard InChI is InChI=1S/C21H25F2N9O9P2S2/c22-8-1-13(32-7-28-16-19(32)29-21(25)30-20(16)33)39-11(8)4-38-43(36,45)41-10-2-14(40-12(10)5-37-42(34,35)44)31-3-9(23)15-17(24)26-6-27-18(15)31/h3,6-8,10-14H,1-2,4-5H2,(H,36,45)(H2,24,26,27)(H2,34,35,44)(H3,25,29,30,33)/t8-,10?,11+,12+,13+,14+,43?/m0/s1. The van der Waals surface area contributed by atoms with Crippen molar-refractivity contribution in [1.82, 2.24) is 34.1 Å². The summed E-state index contributed by atoms with van der Waals surface area (Å²) in [6, 6.07) is 0. The summed E-state index contributed by atoms with van der Waals surface area (Å²) in [5, 5.41) is -0.0536. The minimum absolute atomic E-state index is 0.0196. The Morgan fingerprint density at radius 3 is 2.53 bits per heavy atom. The van der Waals surface area contributed by atoms with Crippen LogP contribution < -0.4 is 17.0 Å². The molecule has 8 atom stereocenters. The van der Waals surface area contributed by atoms with E-state index >= 15 is 0 Å². The van der Waals surface area contributed by atoms with E-state index in [0.717, 1.165) is 12.5 Å². The number of alkyl halides is 1. The third kappa shape index (κ3) is 6.76. The maximum absolute atomic E-state index is 15.0. The predicted octanol–water partition coefficient (Wildman–Crippen LogP) is 2.27. The van der Waals surface area contributed by atoms with Gasteiger partial charge in [0.05, 0.1) is 24.9 Å². The second-order valence-corrected chi connectivity index (χ2v) is 15.7. The van der Waals surface area contributed by atoms with Crippen LogP contribution in [0.15, 0.2) is 23.6 Å². The first-order chi connectivity index (χ1) is 21.2. The van der Waals surface area contributed by atoms with Crippen molar-refractivity contribution in [2.75, 3.05) is 24.7 Å². The van der Waals surface area contributed by atoms with Gasteiger partial charge in [-0.3, -0.25) is 27.9 Å². The van der Waals surface area contributed by atoms with Crippen molar-refractivity contribution < 1.29 is 45.8 Å². The number of H-pyrrole nitrogens is 1. The van der Waals surface area contributed by atoms with Crippen LogP contribution in [0.2, 0.25) is 0 Å². The number of aromatic nitrogens is 7. The molecule has 0 aromatic carbocycles. The minimum atomic E-state index is -4.28. The number of hydrogen-bond donors (Lipinski definition) is 6. The van der Waals surface area contributed by atoms with E-state index in [4.69, 9.17) is 34.5 Å². The van der Waals surface area contributed by atoms with Gasteiger partial charge in [0.15, 0.2) is 22.6 Å². The van der Waals surface area contributed by atoms with Crippen LogP contribution in [0.4, 0.5) is 20.5 Å². The summed E-state index contributed by atoms with van der Waals surface area (Å²) < 4.78 is 84.8. The quantitative estimate of drug-likeness (QED) is 0.102. The molecule has 6 heterocycles. The zero-order chi connectivity index (χ0) is 32.3. The fourth-order valence-electron chi connectivity index (χ4n) is 5.12. The molecule has 4 aromatic heterocycles. The van der Waals surface area contributed by atoms with E-state index in [1.54, 1.807) is 0 Å². The highest BCUT2D eigenvalue weighted by molar-refractivity contribution is 8.44. The molecule has 3 unspecified atom stereocenters. The summed E-state index contributed by atoms with van der Waals surface area (Å²) in [5.41, 5.74) is 11.0. The number of nitrogens with zero attached hydrogens (tertiary/aromatic N) is 6. The van der Waals surface area contributed by atoms with Gasteiger partial charge in [-0.05, 0) is 0 Å². The highest BCUT2D eigenvalue weighted by atomic mass is 32.7. The molecule has 2 aliphatic rings. The van der Waals surface area contributed by atoms with Gasteiger partial charge in [0.2, 0.25) is 5.95 Å². The predicted molar refractivity (Wildman–Crippen MR) is 159 cm³/mol. The third-order valence-electron chi connectivity index (χ3n) is 7.08. The van der Waals surface area contributed by atoms with Gasteiger partial charge in [-0.25, -0.2) is 32.9 Å². The lowest BCUT2D eigenvalue weighted by molar-refractivity contribution is -0.0415. The molecule has 6 N–H and O–H groups in total. The van der Waals surface area contributed by atoms with Crippen molar-refractivity contribution in [1.29, 1.82) is 0 Å². The van der Waals surface area contributed by atoms with E-state index in [1.165, 1.54) is 15.5 Å². The number of nitrogen functional groups attached to an aromatic ring is 2. The Kier molecular flexibility index (Phi) is 8.74. The molecular formula is C21H25F2N9O9P2S2. The van der Waals surface area contributed by atoms with Gasteiger partial charge in [-0.1, -0.05) is 24.5 Å². The van der Waals surface area contributed by atoms with Crippen LogP contribution in [0, 0.1) is 5.82 Å². The Bertz CT molecular complexity index is 1910. The van der Waals surface area contributed by atoms with Gasteiger partial charge < -0.3 is 30.4 Å². The maximum Gasteiger partial charge on any atom is 0.386 e. The second kappa shape index (κ2) is 12.2. The Morgan fingerprint density at radius 2 is 1.78 bits per heavy atom. The average Bonchev–Trinajstić information content (AvgIpc) is 3.71. The Balaban J connectivity index is 1.15. The van der Waals surface area contributed by atoms with Crippen molar-refractivity contribution in [2.45, 2.75) is 49.8 Å². The van der Waals surface area contributed by atoms with Crippen molar-refractivity contribution in [3.8, 4) is 0 Å². The number of fused-ring (bicyclic) bond motifs is 2. The molecular weight excluding hydrogens is 686 g/mol. The summed E-state index contributed by atoms with van der Waals surface area (Å²) in [7, 11) is 0. The van der Waals surface area contributed by atoms with E-state index in [1.807, 2.05) is 0 Å². The van der Waals surface area contributed by atoms with Gasteiger partial charge in [0, 0.05) is 19.0 Å². The number of ether oxygens (including phenoxy) is 2. The Labute approximate surface area is 261 Å². The molecule has 0 spiro atoms. The Hall–Kier alpha value is -2.65. The third-order valence-corrected chi connectivity index (χ3v) is 9.56. The lowest BCUT2D eigenvalue weighted by Gasteiger charge is -2.23. The molecule has 2 saturated heterocycles. The maximum atomic E-state index is 15.0. The molecule has 2 aliphatic heterocycles. The molecule has 0 amide bonds. The zero-order valence-corrected chi connectivity index (χ0v) is 26.2. The normalized spacial score (nSPS) is 28.1. The number of nitrogens with one attached hydrogen (secondary N) is 1. The molecule has 0 bridgehead atoms. The summed E-state index contributed by atoms with van der Waals surface area (Å²) in [6.07, 6.45) is -3.88. The minimum Gasteiger partial charge on any atom is -0.383 e. The number of imidazole rings is 1. The molecule has 0 saturated carbocycles. The number of rotatable bonds is 10. The van der Waals surface area contributed by atoms with Crippen molar-refractivity contribution in [3.63, 3.8) is 0 Å². The summed E-state index contributed by atoms with van der Waals surface area (Å²) in [4.78, 5) is 39.7. The molecule has 0 aliphatic carbocycles. The number of aromatic amines is 1. The molecule has 4 aromatic rings. The van der Waals surface area contributed by atoms with Gasteiger partial charge in [0.25, 0.3) is 5.56 Å². The lowest BCUT2D eigenvalue weighted by Crippen LogP contribution is -2.28. The molecule has 6 rings (SSSR count). The van der Waals surface area contributed by atoms with E-state index < -0.39 is 75.1 Å². The lowest BCUT2D eigenvalue weighted by atomic mass is 10.2. The number of nitrogens with two attached hydrogens (primary N) is 2.